The number of nitrogens with zero attached hydrogens (tertiary/aromatic N) is 1. The van der Waals surface area contributed by atoms with E-state index < -0.39 is 4.92 Å². The van der Waals surface area contributed by atoms with Gasteiger partial charge in [-0.25, -0.2) is 0 Å². The molecule has 2 rings (SSSR count). The Hall–Kier alpha value is -1.56. The van der Waals surface area contributed by atoms with Crippen LogP contribution in [0.25, 0.3) is 6.08 Å². The summed E-state index contributed by atoms with van der Waals surface area (Å²) >= 11 is 3.32. The second-order valence-electron chi connectivity index (χ2n) is 3.27. The van der Waals surface area contributed by atoms with Gasteiger partial charge >= 0.3 is 0 Å². The molecule has 0 spiro atoms. The van der Waals surface area contributed by atoms with Crippen molar-refractivity contribution in [2.45, 2.75) is 6.92 Å². The van der Waals surface area contributed by atoms with E-state index in [0.29, 0.717) is 17.1 Å². The zero-order chi connectivity index (χ0) is 11.7. The van der Waals surface area contributed by atoms with Crippen molar-refractivity contribution in [1.82, 2.24) is 0 Å². The highest BCUT2D eigenvalue weighted by atomic mass is 79.9. The van der Waals surface area contributed by atoms with Crippen molar-refractivity contribution in [3.05, 3.63) is 38.0 Å². The van der Waals surface area contributed by atoms with E-state index in [4.69, 9.17) is 9.47 Å². The molecule has 0 N–H and O–H groups in total. The molecule has 1 heterocycles. The molecular formula is C10H8BrNO4. The highest BCUT2D eigenvalue weighted by Gasteiger charge is 2.16. The molecule has 5 nitrogen and oxygen atoms in total. The maximum atomic E-state index is 10.5. The predicted octanol–water partition coefficient (Wildman–Crippen LogP) is 2.82. The fraction of sp³-hybridized carbons (Fsp3) is 0.200. The van der Waals surface area contributed by atoms with Crippen LogP contribution in [0.3, 0.4) is 0 Å². The number of halogens is 1. The summed E-state index contributed by atoms with van der Waals surface area (Å²) in [5.74, 6) is 1.24. The van der Waals surface area contributed by atoms with Gasteiger partial charge in [-0.15, -0.1) is 0 Å². The molecule has 0 bridgehead atoms. The SMILES string of the molecule is CC(=Cc1cc2c(cc1Br)OCO2)[N+](=O)[O-]. The van der Waals surface area contributed by atoms with Crippen LogP contribution < -0.4 is 9.47 Å². The van der Waals surface area contributed by atoms with Crippen molar-refractivity contribution >= 4 is 22.0 Å². The van der Waals surface area contributed by atoms with Gasteiger partial charge in [0.1, 0.15) is 0 Å². The molecule has 0 atom stereocenters. The van der Waals surface area contributed by atoms with Crippen molar-refractivity contribution in [2.24, 2.45) is 0 Å². The first-order valence-corrected chi connectivity index (χ1v) is 5.29. The molecule has 1 aromatic carbocycles. The van der Waals surface area contributed by atoms with Crippen LogP contribution in [0.15, 0.2) is 22.3 Å². The quantitative estimate of drug-likeness (QED) is 0.619. The zero-order valence-corrected chi connectivity index (χ0v) is 9.98. The smallest absolute Gasteiger partial charge is 0.243 e. The van der Waals surface area contributed by atoms with Gasteiger partial charge in [0.15, 0.2) is 11.5 Å². The van der Waals surface area contributed by atoms with Crippen molar-refractivity contribution in [3.8, 4) is 11.5 Å². The average molecular weight is 286 g/mol. The summed E-state index contributed by atoms with van der Waals surface area (Å²) in [7, 11) is 0. The number of fused-ring (bicyclic) bond motifs is 1. The van der Waals surface area contributed by atoms with E-state index in [2.05, 4.69) is 15.9 Å². The van der Waals surface area contributed by atoms with E-state index in [1.165, 1.54) is 13.0 Å². The Morgan fingerprint density at radius 1 is 1.50 bits per heavy atom. The molecule has 0 saturated carbocycles. The van der Waals surface area contributed by atoms with Crippen LogP contribution in [-0.2, 0) is 0 Å². The van der Waals surface area contributed by atoms with Crippen LogP contribution in [0.2, 0.25) is 0 Å². The lowest BCUT2D eigenvalue weighted by Gasteiger charge is -2.01. The normalized spacial score (nSPS) is 14.0. The van der Waals surface area contributed by atoms with Crippen LogP contribution in [0, 0.1) is 10.1 Å². The topological polar surface area (TPSA) is 61.6 Å². The summed E-state index contributed by atoms with van der Waals surface area (Å²) < 4.78 is 11.1. The number of allylic oxidation sites excluding steroid dienone is 1. The Labute approximate surface area is 99.9 Å². The lowest BCUT2D eigenvalue weighted by Crippen LogP contribution is -1.93. The Morgan fingerprint density at radius 2 is 2.12 bits per heavy atom. The van der Waals surface area contributed by atoms with Crippen LogP contribution in [-0.4, -0.2) is 11.7 Å². The Bertz CT molecular complexity index is 484. The number of hydrogen-bond donors (Lipinski definition) is 0. The van der Waals surface area contributed by atoms with Crippen molar-refractivity contribution in [1.29, 1.82) is 0 Å². The van der Waals surface area contributed by atoms with Crippen LogP contribution in [0.4, 0.5) is 0 Å². The van der Waals surface area contributed by atoms with E-state index in [1.54, 1.807) is 12.1 Å². The number of benzene rings is 1. The van der Waals surface area contributed by atoms with Gasteiger partial charge < -0.3 is 9.47 Å². The van der Waals surface area contributed by atoms with E-state index in [1.807, 2.05) is 0 Å². The average Bonchev–Trinajstić information content (AvgIpc) is 2.65. The van der Waals surface area contributed by atoms with Gasteiger partial charge in [-0.3, -0.25) is 10.1 Å². The Kier molecular flexibility index (Phi) is 2.82. The molecule has 0 fully saturated rings. The Morgan fingerprint density at radius 3 is 2.75 bits per heavy atom. The summed E-state index contributed by atoms with van der Waals surface area (Å²) in [4.78, 5) is 10.1. The van der Waals surface area contributed by atoms with Crippen molar-refractivity contribution < 1.29 is 14.4 Å². The Balaban J connectivity index is 2.43. The molecule has 0 aliphatic carbocycles. The minimum atomic E-state index is -0.434. The third-order valence-corrected chi connectivity index (χ3v) is 2.83. The summed E-state index contributed by atoms with van der Waals surface area (Å²) in [6.45, 7) is 1.63. The third kappa shape index (κ3) is 2.01. The molecule has 0 saturated heterocycles. The molecule has 0 aromatic heterocycles. The second-order valence-corrected chi connectivity index (χ2v) is 4.12. The molecule has 1 aliphatic heterocycles. The molecule has 6 heteroatoms. The minimum absolute atomic E-state index is 0.0690. The molecule has 84 valence electrons. The highest BCUT2D eigenvalue weighted by molar-refractivity contribution is 9.10. The molecule has 1 aliphatic rings. The lowest BCUT2D eigenvalue weighted by molar-refractivity contribution is -0.422. The van der Waals surface area contributed by atoms with E-state index >= 15 is 0 Å². The first-order chi connectivity index (χ1) is 7.58. The first kappa shape index (κ1) is 10.9. The summed E-state index contributed by atoms with van der Waals surface area (Å²) in [6.07, 6.45) is 1.48. The standard InChI is InChI=1S/C10H8BrNO4/c1-6(12(13)14)2-7-3-9-10(4-8(7)11)16-5-15-9/h2-4H,5H2,1H3. The van der Waals surface area contributed by atoms with Gasteiger partial charge in [0.25, 0.3) is 0 Å². The minimum Gasteiger partial charge on any atom is -0.454 e. The maximum absolute atomic E-state index is 10.5. The van der Waals surface area contributed by atoms with Crippen LogP contribution in [0.5, 0.6) is 11.5 Å². The van der Waals surface area contributed by atoms with Gasteiger partial charge in [-0.2, -0.15) is 0 Å². The molecule has 0 unspecified atom stereocenters. The van der Waals surface area contributed by atoms with Gasteiger partial charge in [0.2, 0.25) is 12.5 Å². The monoisotopic (exact) mass is 285 g/mol. The zero-order valence-electron chi connectivity index (χ0n) is 8.40. The first-order valence-electron chi connectivity index (χ1n) is 4.50. The van der Waals surface area contributed by atoms with Crippen molar-refractivity contribution in [3.63, 3.8) is 0 Å². The third-order valence-electron chi connectivity index (χ3n) is 2.14. The fourth-order valence-electron chi connectivity index (χ4n) is 1.32. The number of hydrogen-bond acceptors (Lipinski definition) is 4. The van der Waals surface area contributed by atoms with E-state index in [9.17, 15) is 10.1 Å². The molecule has 16 heavy (non-hydrogen) atoms. The highest BCUT2D eigenvalue weighted by Crippen LogP contribution is 2.37. The van der Waals surface area contributed by atoms with Gasteiger partial charge in [0, 0.05) is 17.5 Å². The van der Waals surface area contributed by atoms with Gasteiger partial charge in [-0.05, 0) is 17.7 Å². The van der Waals surface area contributed by atoms with Crippen LogP contribution in [0.1, 0.15) is 12.5 Å². The molecule has 0 radical (unpaired) electrons. The number of rotatable bonds is 2. The lowest BCUT2D eigenvalue weighted by atomic mass is 10.2. The largest absolute Gasteiger partial charge is 0.454 e. The van der Waals surface area contributed by atoms with E-state index in [0.717, 1.165) is 4.47 Å². The maximum Gasteiger partial charge on any atom is 0.243 e. The fourth-order valence-corrected chi connectivity index (χ4v) is 1.76. The number of nitro groups is 1. The van der Waals surface area contributed by atoms with Gasteiger partial charge in [0.05, 0.1) is 4.92 Å². The van der Waals surface area contributed by atoms with Gasteiger partial charge in [-0.1, -0.05) is 15.9 Å². The summed E-state index contributed by atoms with van der Waals surface area (Å²) in [5, 5.41) is 10.5. The molecule has 1 aromatic rings. The number of ether oxygens (including phenoxy) is 2. The summed E-state index contributed by atoms with van der Waals surface area (Å²) in [5.41, 5.74) is 0.762. The molecular weight excluding hydrogens is 278 g/mol. The van der Waals surface area contributed by atoms with E-state index in [-0.39, 0.29) is 12.5 Å². The van der Waals surface area contributed by atoms with Crippen LogP contribution >= 0.6 is 15.9 Å². The summed E-state index contributed by atoms with van der Waals surface area (Å²) in [6, 6.07) is 3.45. The predicted molar refractivity (Wildman–Crippen MR) is 60.9 cm³/mol. The second kappa shape index (κ2) is 4.13. The van der Waals surface area contributed by atoms with Crippen molar-refractivity contribution in [2.75, 3.05) is 6.79 Å². The molecule has 0 amide bonds.